The summed E-state index contributed by atoms with van der Waals surface area (Å²) in [6.07, 6.45) is -3.78. The van der Waals surface area contributed by atoms with Crippen LogP contribution in [0.3, 0.4) is 0 Å². The summed E-state index contributed by atoms with van der Waals surface area (Å²) in [4.78, 5) is 0. The second kappa shape index (κ2) is 5.03. The molecule has 100 valence electrons. The molecule has 0 aromatic heterocycles. The Kier molecular flexibility index (Phi) is 3.60. The van der Waals surface area contributed by atoms with Gasteiger partial charge in [0.25, 0.3) is 0 Å². The predicted molar refractivity (Wildman–Crippen MR) is 66.2 cm³/mol. The summed E-state index contributed by atoms with van der Waals surface area (Å²) in [5.74, 6) is -1.25. The topological polar surface area (TPSA) is 0 Å². The number of benzene rings is 2. The molecule has 0 saturated carbocycles. The minimum atomic E-state index is -4.66. The van der Waals surface area contributed by atoms with E-state index in [4.69, 9.17) is 0 Å². The highest BCUT2D eigenvalue weighted by molar-refractivity contribution is 5.64. The molecule has 0 bridgehead atoms. The number of rotatable bonds is 2. The van der Waals surface area contributed by atoms with Gasteiger partial charge < -0.3 is 0 Å². The fourth-order valence-corrected chi connectivity index (χ4v) is 1.86. The summed E-state index contributed by atoms with van der Waals surface area (Å²) in [5, 5.41) is 0. The van der Waals surface area contributed by atoms with E-state index in [1.54, 1.807) is 12.1 Å². The molecule has 0 spiro atoms. The van der Waals surface area contributed by atoms with E-state index in [9.17, 15) is 17.6 Å². The van der Waals surface area contributed by atoms with Crippen LogP contribution in [0.5, 0.6) is 0 Å². The molecule has 0 radical (unpaired) electrons. The fourth-order valence-electron chi connectivity index (χ4n) is 1.86. The van der Waals surface area contributed by atoms with Crippen molar-refractivity contribution in [1.82, 2.24) is 0 Å². The summed E-state index contributed by atoms with van der Waals surface area (Å²) < 4.78 is 50.8. The van der Waals surface area contributed by atoms with Crippen LogP contribution in [0.4, 0.5) is 17.6 Å². The van der Waals surface area contributed by atoms with Crippen LogP contribution >= 0.6 is 0 Å². The Bertz CT molecular complexity index is 568. The molecule has 0 heterocycles. The third kappa shape index (κ3) is 2.95. The molecular formula is C15H12F4. The van der Waals surface area contributed by atoms with Crippen LogP contribution in [0.2, 0.25) is 0 Å². The lowest BCUT2D eigenvalue weighted by molar-refractivity contribution is -0.139. The molecule has 2 rings (SSSR count). The molecule has 0 N–H and O–H groups in total. The molecule has 4 heteroatoms. The van der Waals surface area contributed by atoms with E-state index in [1.807, 2.05) is 19.1 Å². The van der Waals surface area contributed by atoms with E-state index in [1.165, 1.54) is 6.07 Å². The Morgan fingerprint density at radius 2 is 1.47 bits per heavy atom. The summed E-state index contributed by atoms with van der Waals surface area (Å²) >= 11 is 0. The SMILES string of the molecule is CCc1ccc(-c2ccc(C(F)(F)F)c(F)c2)cc1. The first kappa shape index (κ1) is 13.6. The molecule has 0 aliphatic carbocycles. The van der Waals surface area contributed by atoms with Gasteiger partial charge in [0.15, 0.2) is 0 Å². The molecule has 0 amide bonds. The lowest BCUT2D eigenvalue weighted by atomic mass is 10.0. The van der Waals surface area contributed by atoms with Gasteiger partial charge in [-0.2, -0.15) is 13.2 Å². The van der Waals surface area contributed by atoms with Crippen LogP contribution in [-0.2, 0) is 12.6 Å². The van der Waals surface area contributed by atoms with Crippen LogP contribution in [0.15, 0.2) is 42.5 Å². The van der Waals surface area contributed by atoms with Crippen molar-refractivity contribution in [2.24, 2.45) is 0 Å². The van der Waals surface area contributed by atoms with Crippen LogP contribution < -0.4 is 0 Å². The van der Waals surface area contributed by atoms with E-state index in [2.05, 4.69) is 0 Å². The van der Waals surface area contributed by atoms with Crippen molar-refractivity contribution in [2.75, 3.05) is 0 Å². The number of hydrogen-bond acceptors (Lipinski definition) is 0. The molecule has 0 fully saturated rings. The maximum atomic E-state index is 13.5. The van der Waals surface area contributed by atoms with Gasteiger partial charge in [-0.05, 0) is 35.2 Å². The van der Waals surface area contributed by atoms with E-state index in [0.29, 0.717) is 11.1 Å². The van der Waals surface area contributed by atoms with Gasteiger partial charge >= 0.3 is 6.18 Å². The first-order chi connectivity index (χ1) is 8.91. The Morgan fingerprint density at radius 1 is 0.895 bits per heavy atom. The first-order valence-electron chi connectivity index (χ1n) is 5.88. The molecule has 2 aromatic carbocycles. The third-order valence-corrected chi connectivity index (χ3v) is 2.97. The highest BCUT2D eigenvalue weighted by atomic mass is 19.4. The number of aryl methyl sites for hydroxylation is 1. The van der Waals surface area contributed by atoms with Gasteiger partial charge in [0, 0.05) is 0 Å². The fraction of sp³-hybridized carbons (Fsp3) is 0.200. The minimum absolute atomic E-state index is 0.438. The number of hydrogen-bond donors (Lipinski definition) is 0. The van der Waals surface area contributed by atoms with E-state index in [0.717, 1.165) is 24.1 Å². The molecule has 0 nitrogen and oxygen atoms in total. The van der Waals surface area contributed by atoms with Crippen molar-refractivity contribution < 1.29 is 17.6 Å². The maximum absolute atomic E-state index is 13.5. The van der Waals surface area contributed by atoms with E-state index < -0.39 is 17.6 Å². The van der Waals surface area contributed by atoms with Gasteiger partial charge in [-0.1, -0.05) is 37.3 Å². The minimum Gasteiger partial charge on any atom is -0.206 e. The Balaban J connectivity index is 2.38. The number of alkyl halides is 3. The van der Waals surface area contributed by atoms with Crippen LogP contribution in [0.25, 0.3) is 11.1 Å². The summed E-state index contributed by atoms with van der Waals surface area (Å²) in [5.41, 5.74) is 1.02. The molecule has 0 aliphatic rings. The normalized spacial score (nSPS) is 11.6. The lowest BCUT2D eigenvalue weighted by Crippen LogP contribution is -2.07. The Hall–Kier alpha value is -1.84. The lowest BCUT2D eigenvalue weighted by Gasteiger charge is -2.09. The van der Waals surface area contributed by atoms with Gasteiger partial charge in [0.2, 0.25) is 0 Å². The van der Waals surface area contributed by atoms with Crippen molar-refractivity contribution in [3.8, 4) is 11.1 Å². The zero-order valence-corrected chi connectivity index (χ0v) is 10.3. The quantitative estimate of drug-likeness (QED) is 0.667. The van der Waals surface area contributed by atoms with Gasteiger partial charge in [0.05, 0.1) is 5.56 Å². The van der Waals surface area contributed by atoms with Crippen molar-refractivity contribution in [3.63, 3.8) is 0 Å². The van der Waals surface area contributed by atoms with E-state index in [-0.39, 0.29) is 0 Å². The van der Waals surface area contributed by atoms with Crippen molar-refractivity contribution in [2.45, 2.75) is 19.5 Å². The number of halogens is 4. The van der Waals surface area contributed by atoms with Crippen LogP contribution in [0, 0.1) is 5.82 Å². The third-order valence-electron chi connectivity index (χ3n) is 2.97. The largest absolute Gasteiger partial charge is 0.419 e. The predicted octanol–water partition coefficient (Wildman–Crippen LogP) is 5.07. The summed E-state index contributed by atoms with van der Waals surface area (Å²) in [7, 11) is 0. The monoisotopic (exact) mass is 268 g/mol. The molecular weight excluding hydrogens is 256 g/mol. The molecule has 19 heavy (non-hydrogen) atoms. The van der Waals surface area contributed by atoms with E-state index >= 15 is 0 Å². The molecule has 0 aliphatic heterocycles. The summed E-state index contributed by atoms with van der Waals surface area (Å²) in [6.45, 7) is 2.01. The molecule has 0 atom stereocenters. The second-order valence-corrected chi connectivity index (χ2v) is 4.24. The Labute approximate surface area is 108 Å². The first-order valence-corrected chi connectivity index (χ1v) is 5.88. The summed E-state index contributed by atoms with van der Waals surface area (Å²) in [6, 6.07) is 10.3. The zero-order chi connectivity index (χ0) is 14.0. The average molecular weight is 268 g/mol. The highest BCUT2D eigenvalue weighted by Gasteiger charge is 2.33. The zero-order valence-electron chi connectivity index (χ0n) is 10.3. The van der Waals surface area contributed by atoms with Gasteiger partial charge in [-0.25, -0.2) is 4.39 Å². The van der Waals surface area contributed by atoms with Gasteiger partial charge in [-0.3, -0.25) is 0 Å². The van der Waals surface area contributed by atoms with Crippen molar-refractivity contribution in [3.05, 3.63) is 59.4 Å². The second-order valence-electron chi connectivity index (χ2n) is 4.24. The van der Waals surface area contributed by atoms with Crippen molar-refractivity contribution in [1.29, 1.82) is 0 Å². The van der Waals surface area contributed by atoms with Gasteiger partial charge in [-0.15, -0.1) is 0 Å². The smallest absolute Gasteiger partial charge is 0.206 e. The molecule has 0 saturated heterocycles. The standard InChI is InChI=1S/C15H12F4/c1-2-10-3-5-11(6-4-10)12-7-8-13(14(16)9-12)15(17,18)19/h3-9H,2H2,1H3. The molecule has 0 unspecified atom stereocenters. The van der Waals surface area contributed by atoms with Gasteiger partial charge in [0.1, 0.15) is 5.82 Å². The van der Waals surface area contributed by atoms with Crippen LogP contribution in [0.1, 0.15) is 18.1 Å². The maximum Gasteiger partial charge on any atom is 0.419 e. The van der Waals surface area contributed by atoms with Crippen LogP contribution in [-0.4, -0.2) is 0 Å². The van der Waals surface area contributed by atoms with Crippen molar-refractivity contribution >= 4 is 0 Å². The average Bonchev–Trinajstić information content (AvgIpc) is 2.37. The Morgan fingerprint density at radius 3 is 1.95 bits per heavy atom. The highest BCUT2D eigenvalue weighted by Crippen LogP contribution is 2.33. The molecule has 2 aromatic rings.